The lowest BCUT2D eigenvalue weighted by Crippen LogP contribution is -2.30. The SMILES string of the molecule is CCCn1c(SCCCCN2C(=O)c3ccccc3C2=O)nc2ccccc2c1=O. The van der Waals surface area contributed by atoms with Gasteiger partial charge < -0.3 is 0 Å². The van der Waals surface area contributed by atoms with Crippen LogP contribution in [-0.4, -0.2) is 38.6 Å². The van der Waals surface area contributed by atoms with E-state index in [9.17, 15) is 14.4 Å². The predicted octanol–water partition coefficient (Wildman–Crippen LogP) is 3.98. The Labute approximate surface area is 178 Å². The molecule has 7 heteroatoms. The smallest absolute Gasteiger partial charge is 0.262 e. The zero-order valence-electron chi connectivity index (χ0n) is 16.8. The lowest BCUT2D eigenvalue weighted by Gasteiger charge is -2.14. The first kappa shape index (κ1) is 20.3. The Morgan fingerprint density at radius 3 is 2.23 bits per heavy atom. The fourth-order valence-electron chi connectivity index (χ4n) is 3.66. The molecule has 4 rings (SSSR count). The Hall–Kier alpha value is -2.93. The van der Waals surface area contributed by atoms with Gasteiger partial charge in [-0.25, -0.2) is 4.98 Å². The van der Waals surface area contributed by atoms with E-state index in [0.717, 1.165) is 23.8 Å². The predicted molar refractivity (Wildman–Crippen MR) is 118 cm³/mol. The van der Waals surface area contributed by atoms with Crippen molar-refractivity contribution in [1.29, 1.82) is 0 Å². The van der Waals surface area contributed by atoms with Gasteiger partial charge >= 0.3 is 0 Å². The van der Waals surface area contributed by atoms with E-state index in [1.54, 1.807) is 40.6 Å². The number of carbonyl (C=O) groups is 2. The third kappa shape index (κ3) is 3.77. The van der Waals surface area contributed by atoms with Crippen molar-refractivity contribution in [3.63, 3.8) is 0 Å². The maximum atomic E-state index is 12.8. The fraction of sp³-hybridized carbons (Fsp3) is 0.304. The van der Waals surface area contributed by atoms with Crippen LogP contribution in [0.25, 0.3) is 10.9 Å². The number of hydrogen-bond donors (Lipinski definition) is 0. The topological polar surface area (TPSA) is 72.3 Å². The number of thioether (sulfide) groups is 1. The molecule has 1 aliphatic rings. The van der Waals surface area contributed by atoms with Gasteiger partial charge in [0.05, 0.1) is 22.0 Å². The third-order valence-corrected chi connectivity index (χ3v) is 6.22. The molecular weight excluding hydrogens is 398 g/mol. The minimum absolute atomic E-state index is 0.00373. The molecule has 0 aliphatic carbocycles. The minimum atomic E-state index is -0.212. The molecule has 1 aromatic heterocycles. The summed E-state index contributed by atoms with van der Waals surface area (Å²) in [6.07, 6.45) is 2.38. The molecule has 0 unspecified atom stereocenters. The monoisotopic (exact) mass is 421 g/mol. The molecular formula is C23H23N3O3S. The lowest BCUT2D eigenvalue weighted by molar-refractivity contribution is 0.0652. The number of rotatable bonds is 8. The first-order valence-corrected chi connectivity index (χ1v) is 11.2. The molecule has 30 heavy (non-hydrogen) atoms. The highest BCUT2D eigenvalue weighted by atomic mass is 32.2. The molecule has 2 amide bonds. The van der Waals surface area contributed by atoms with Crippen molar-refractivity contribution in [2.24, 2.45) is 0 Å². The van der Waals surface area contributed by atoms with Crippen molar-refractivity contribution in [3.8, 4) is 0 Å². The molecule has 0 N–H and O–H groups in total. The standard InChI is InChI=1S/C23H23N3O3S/c1-2-13-26-22(29)18-11-5-6-12-19(18)24-23(26)30-15-8-7-14-25-20(27)16-9-3-4-10-17(16)21(25)28/h3-6,9-12H,2,7-8,13-15H2,1H3. The second-order valence-corrected chi connectivity index (χ2v) is 8.29. The van der Waals surface area contributed by atoms with E-state index in [1.807, 2.05) is 31.2 Å². The summed E-state index contributed by atoms with van der Waals surface area (Å²) in [4.78, 5) is 43.7. The maximum absolute atomic E-state index is 12.8. The Bertz CT molecular complexity index is 1140. The summed E-state index contributed by atoms with van der Waals surface area (Å²) in [5.41, 5.74) is 1.68. The van der Waals surface area contributed by atoms with Crippen LogP contribution < -0.4 is 5.56 Å². The Morgan fingerprint density at radius 1 is 0.867 bits per heavy atom. The van der Waals surface area contributed by atoms with Crippen LogP contribution in [0.4, 0.5) is 0 Å². The van der Waals surface area contributed by atoms with E-state index in [2.05, 4.69) is 4.98 Å². The number of para-hydroxylation sites is 1. The summed E-state index contributed by atoms with van der Waals surface area (Å²) in [6, 6.07) is 14.4. The molecule has 2 heterocycles. The number of unbranched alkanes of at least 4 members (excludes halogenated alkanes) is 1. The van der Waals surface area contributed by atoms with Gasteiger partial charge in [0, 0.05) is 18.8 Å². The van der Waals surface area contributed by atoms with Crippen molar-refractivity contribution in [1.82, 2.24) is 14.5 Å². The average molecular weight is 422 g/mol. The second-order valence-electron chi connectivity index (χ2n) is 7.23. The van der Waals surface area contributed by atoms with Gasteiger partial charge in [0.1, 0.15) is 0 Å². The number of carbonyl (C=O) groups excluding carboxylic acids is 2. The summed E-state index contributed by atoms with van der Waals surface area (Å²) in [5.74, 6) is 0.338. The second kappa shape index (κ2) is 8.83. The molecule has 0 atom stereocenters. The lowest BCUT2D eigenvalue weighted by atomic mass is 10.1. The molecule has 0 saturated carbocycles. The molecule has 1 aliphatic heterocycles. The van der Waals surface area contributed by atoms with Crippen LogP contribution in [0.2, 0.25) is 0 Å². The van der Waals surface area contributed by atoms with E-state index in [-0.39, 0.29) is 17.4 Å². The number of nitrogens with zero attached hydrogens (tertiary/aromatic N) is 3. The average Bonchev–Trinajstić information content (AvgIpc) is 3.01. The minimum Gasteiger partial charge on any atom is -0.287 e. The van der Waals surface area contributed by atoms with Gasteiger partial charge in [-0.1, -0.05) is 43.0 Å². The molecule has 0 saturated heterocycles. The van der Waals surface area contributed by atoms with Crippen LogP contribution in [-0.2, 0) is 6.54 Å². The molecule has 2 aromatic carbocycles. The number of benzene rings is 2. The van der Waals surface area contributed by atoms with Crippen LogP contribution in [0.3, 0.4) is 0 Å². The molecule has 0 bridgehead atoms. The van der Waals surface area contributed by atoms with Crippen LogP contribution >= 0.6 is 11.8 Å². The van der Waals surface area contributed by atoms with Crippen molar-refractivity contribution in [2.45, 2.75) is 37.9 Å². The van der Waals surface area contributed by atoms with Crippen LogP contribution in [0.1, 0.15) is 46.9 Å². The summed E-state index contributed by atoms with van der Waals surface area (Å²) < 4.78 is 1.75. The number of imide groups is 1. The van der Waals surface area contributed by atoms with E-state index in [4.69, 9.17) is 0 Å². The third-order valence-electron chi connectivity index (χ3n) is 5.16. The highest BCUT2D eigenvalue weighted by Gasteiger charge is 2.34. The number of hydrogen-bond acceptors (Lipinski definition) is 5. The fourth-order valence-corrected chi connectivity index (χ4v) is 4.68. The van der Waals surface area contributed by atoms with Crippen LogP contribution in [0.15, 0.2) is 58.5 Å². The van der Waals surface area contributed by atoms with E-state index in [0.29, 0.717) is 41.5 Å². The van der Waals surface area contributed by atoms with Crippen molar-refractivity contribution in [3.05, 3.63) is 70.0 Å². The zero-order chi connectivity index (χ0) is 21.1. The van der Waals surface area contributed by atoms with Gasteiger partial charge in [-0.05, 0) is 43.5 Å². The summed E-state index contributed by atoms with van der Waals surface area (Å²) in [5, 5.41) is 1.36. The molecule has 0 spiro atoms. The molecule has 154 valence electrons. The molecule has 3 aromatic rings. The van der Waals surface area contributed by atoms with Gasteiger partial charge in [-0.3, -0.25) is 23.9 Å². The van der Waals surface area contributed by atoms with Gasteiger partial charge in [0.15, 0.2) is 5.16 Å². The van der Waals surface area contributed by atoms with E-state index < -0.39 is 0 Å². The zero-order valence-corrected chi connectivity index (χ0v) is 17.7. The quantitative estimate of drug-likeness (QED) is 0.238. The van der Waals surface area contributed by atoms with E-state index in [1.165, 1.54) is 4.90 Å². The highest BCUT2D eigenvalue weighted by molar-refractivity contribution is 7.99. The van der Waals surface area contributed by atoms with Gasteiger partial charge in [0.2, 0.25) is 0 Å². The molecule has 6 nitrogen and oxygen atoms in total. The molecule has 0 radical (unpaired) electrons. The van der Waals surface area contributed by atoms with Crippen molar-refractivity contribution >= 4 is 34.5 Å². The summed E-state index contributed by atoms with van der Waals surface area (Å²) in [7, 11) is 0. The highest BCUT2D eigenvalue weighted by Crippen LogP contribution is 2.24. The number of amides is 2. The summed E-state index contributed by atoms with van der Waals surface area (Å²) >= 11 is 1.55. The van der Waals surface area contributed by atoms with E-state index >= 15 is 0 Å². The largest absolute Gasteiger partial charge is 0.287 e. The van der Waals surface area contributed by atoms with Crippen molar-refractivity contribution < 1.29 is 9.59 Å². The Balaban J connectivity index is 1.38. The Morgan fingerprint density at radius 2 is 1.53 bits per heavy atom. The maximum Gasteiger partial charge on any atom is 0.262 e. The first-order chi connectivity index (χ1) is 14.6. The van der Waals surface area contributed by atoms with Gasteiger partial charge in [-0.2, -0.15) is 0 Å². The summed E-state index contributed by atoms with van der Waals surface area (Å²) in [6.45, 7) is 3.08. The number of aromatic nitrogens is 2. The molecule has 0 fully saturated rings. The normalized spacial score (nSPS) is 13.3. The number of fused-ring (bicyclic) bond motifs is 2. The Kier molecular flexibility index (Phi) is 5.99. The van der Waals surface area contributed by atoms with Crippen LogP contribution in [0, 0.1) is 0 Å². The first-order valence-electron chi connectivity index (χ1n) is 10.2. The van der Waals surface area contributed by atoms with Crippen molar-refractivity contribution in [2.75, 3.05) is 12.3 Å². The van der Waals surface area contributed by atoms with Crippen LogP contribution in [0.5, 0.6) is 0 Å². The van der Waals surface area contributed by atoms with Gasteiger partial charge in [0.25, 0.3) is 17.4 Å². The van der Waals surface area contributed by atoms with Gasteiger partial charge in [-0.15, -0.1) is 0 Å².